The van der Waals surface area contributed by atoms with Gasteiger partial charge < -0.3 is 10.3 Å². The molecule has 0 aliphatic heterocycles. The van der Waals surface area contributed by atoms with Gasteiger partial charge in [-0.05, 0) is 30.0 Å². The van der Waals surface area contributed by atoms with Crippen LogP contribution in [-0.2, 0) is 19.5 Å². The minimum Gasteiger partial charge on any atom is -0.328 e. The lowest BCUT2D eigenvalue weighted by molar-refractivity contribution is 0.394. The molecule has 0 aliphatic carbocycles. The summed E-state index contributed by atoms with van der Waals surface area (Å²) in [6.07, 6.45) is 0.994. The molecule has 0 radical (unpaired) electrons. The maximum Gasteiger partial charge on any atom is 0.110 e. The van der Waals surface area contributed by atoms with Gasteiger partial charge in [-0.3, -0.25) is 0 Å². The zero-order valence-corrected chi connectivity index (χ0v) is 11.8. The van der Waals surface area contributed by atoms with Crippen LogP contribution in [0.2, 0.25) is 0 Å². The molecule has 0 fully saturated rings. The first-order valence-corrected chi connectivity index (χ1v) is 6.62. The van der Waals surface area contributed by atoms with Gasteiger partial charge in [0.25, 0.3) is 0 Å². The number of nitrogens with zero attached hydrogens (tertiary/aromatic N) is 2. The summed E-state index contributed by atoms with van der Waals surface area (Å²) in [5.74, 6) is 1.18. The maximum atomic E-state index is 5.69. The van der Waals surface area contributed by atoms with Crippen LogP contribution in [0.1, 0.15) is 39.1 Å². The van der Waals surface area contributed by atoms with Crippen molar-refractivity contribution >= 4 is 11.0 Å². The summed E-state index contributed by atoms with van der Waals surface area (Å²) in [6.45, 7) is 10.4. The number of rotatable bonds is 3. The van der Waals surface area contributed by atoms with Gasteiger partial charge in [0, 0.05) is 19.5 Å². The van der Waals surface area contributed by atoms with Crippen LogP contribution in [0, 0.1) is 5.41 Å². The van der Waals surface area contributed by atoms with Crippen LogP contribution in [0.25, 0.3) is 11.0 Å². The average molecular weight is 245 g/mol. The summed E-state index contributed by atoms with van der Waals surface area (Å²) in [6, 6.07) is 6.34. The summed E-state index contributed by atoms with van der Waals surface area (Å²) in [4.78, 5) is 4.78. The Morgan fingerprint density at radius 2 is 2.00 bits per heavy atom. The predicted octanol–water partition coefficient (Wildman–Crippen LogP) is 3.10. The van der Waals surface area contributed by atoms with Crippen LogP contribution in [0.5, 0.6) is 0 Å². The fourth-order valence-electron chi connectivity index (χ4n) is 2.31. The number of fused-ring (bicyclic) bond motifs is 1. The number of hydrogen-bond acceptors (Lipinski definition) is 2. The molecule has 2 N–H and O–H groups in total. The van der Waals surface area contributed by atoms with Gasteiger partial charge in [0.2, 0.25) is 0 Å². The molecule has 2 aromatic rings. The van der Waals surface area contributed by atoms with Crippen LogP contribution in [0.4, 0.5) is 0 Å². The molecule has 0 saturated carbocycles. The Kier molecular flexibility index (Phi) is 3.44. The Balaban J connectivity index is 2.53. The van der Waals surface area contributed by atoms with E-state index in [4.69, 9.17) is 10.7 Å². The molecule has 2 rings (SSSR count). The second-order valence-electron chi connectivity index (χ2n) is 6.04. The molecule has 18 heavy (non-hydrogen) atoms. The molecule has 0 amide bonds. The first-order valence-electron chi connectivity index (χ1n) is 6.62. The molecule has 0 spiro atoms. The average Bonchev–Trinajstić information content (AvgIpc) is 2.62. The highest BCUT2D eigenvalue weighted by Gasteiger charge is 2.17. The number of aryl methyl sites for hydroxylation is 1. The fourth-order valence-corrected chi connectivity index (χ4v) is 2.31. The molecule has 3 nitrogen and oxygen atoms in total. The van der Waals surface area contributed by atoms with Crippen molar-refractivity contribution in [3.63, 3.8) is 0 Å². The van der Waals surface area contributed by atoms with Crippen molar-refractivity contribution in [3.05, 3.63) is 29.6 Å². The van der Waals surface area contributed by atoms with Gasteiger partial charge >= 0.3 is 0 Å². The Morgan fingerprint density at radius 1 is 1.28 bits per heavy atom. The summed E-state index contributed by atoms with van der Waals surface area (Å²) in [7, 11) is 0. The van der Waals surface area contributed by atoms with Crippen LogP contribution in [0.15, 0.2) is 18.2 Å². The lowest BCUT2D eigenvalue weighted by atomic mass is 9.92. The minimum absolute atomic E-state index is 0.255. The third kappa shape index (κ3) is 2.56. The van der Waals surface area contributed by atoms with Crippen molar-refractivity contribution in [2.75, 3.05) is 0 Å². The molecule has 1 heterocycles. The van der Waals surface area contributed by atoms with Gasteiger partial charge in [-0.1, -0.05) is 26.8 Å². The van der Waals surface area contributed by atoms with Crippen molar-refractivity contribution in [3.8, 4) is 0 Å². The van der Waals surface area contributed by atoms with Gasteiger partial charge in [-0.25, -0.2) is 4.98 Å². The van der Waals surface area contributed by atoms with Crippen LogP contribution in [0.3, 0.4) is 0 Å². The quantitative estimate of drug-likeness (QED) is 0.903. The van der Waals surface area contributed by atoms with E-state index in [1.54, 1.807) is 0 Å². The first-order chi connectivity index (χ1) is 8.44. The van der Waals surface area contributed by atoms with Crippen molar-refractivity contribution in [2.45, 2.75) is 47.2 Å². The highest BCUT2D eigenvalue weighted by Crippen LogP contribution is 2.24. The fraction of sp³-hybridized carbons (Fsp3) is 0.533. The lowest BCUT2D eigenvalue weighted by Crippen LogP contribution is -2.14. The molecular weight excluding hydrogens is 222 g/mol. The molecule has 0 atom stereocenters. The van der Waals surface area contributed by atoms with E-state index in [0.717, 1.165) is 24.0 Å². The van der Waals surface area contributed by atoms with E-state index in [1.807, 2.05) is 0 Å². The Bertz CT molecular complexity index is 547. The Morgan fingerprint density at radius 3 is 2.56 bits per heavy atom. The van der Waals surface area contributed by atoms with Crippen LogP contribution < -0.4 is 5.73 Å². The monoisotopic (exact) mass is 245 g/mol. The first kappa shape index (κ1) is 13.1. The molecular formula is C15H23N3. The second-order valence-corrected chi connectivity index (χ2v) is 6.04. The number of benzene rings is 1. The zero-order chi connectivity index (χ0) is 13.3. The second kappa shape index (κ2) is 4.73. The highest BCUT2D eigenvalue weighted by molar-refractivity contribution is 5.77. The molecule has 3 heteroatoms. The maximum absolute atomic E-state index is 5.69. The van der Waals surface area contributed by atoms with E-state index in [1.165, 1.54) is 11.3 Å². The standard InChI is InChI=1S/C15H23N3/c1-5-18-13-7-6-11(10-16)8-12(13)17-14(18)9-15(2,3)4/h6-8H,5,9-10,16H2,1-4H3. The third-order valence-corrected chi connectivity index (χ3v) is 3.13. The number of imidazole rings is 1. The van der Waals surface area contributed by atoms with Crippen LogP contribution >= 0.6 is 0 Å². The number of hydrogen-bond donors (Lipinski definition) is 1. The summed E-state index contributed by atoms with van der Waals surface area (Å²) < 4.78 is 2.31. The molecule has 0 bridgehead atoms. The Labute approximate surface area is 109 Å². The topological polar surface area (TPSA) is 43.8 Å². The summed E-state index contributed by atoms with van der Waals surface area (Å²) in [5.41, 5.74) is 9.37. The largest absolute Gasteiger partial charge is 0.328 e. The number of nitrogens with two attached hydrogens (primary N) is 1. The molecule has 0 saturated heterocycles. The smallest absolute Gasteiger partial charge is 0.110 e. The summed E-state index contributed by atoms with van der Waals surface area (Å²) in [5, 5.41) is 0. The van der Waals surface area contributed by atoms with Gasteiger partial charge in [0.1, 0.15) is 5.82 Å². The van der Waals surface area contributed by atoms with E-state index in [0.29, 0.717) is 6.54 Å². The van der Waals surface area contributed by atoms with Gasteiger partial charge in [-0.2, -0.15) is 0 Å². The van der Waals surface area contributed by atoms with Crippen LogP contribution in [-0.4, -0.2) is 9.55 Å². The lowest BCUT2D eigenvalue weighted by Gasteiger charge is -2.18. The zero-order valence-electron chi connectivity index (χ0n) is 11.8. The van der Waals surface area contributed by atoms with E-state index in [9.17, 15) is 0 Å². The molecule has 0 aliphatic rings. The SMILES string of the molecule is CCn1c(CC(C)(C)C)nc2cc(CN)ccc21. The predicted molar refractivity (Wildman–Crippen MR) is 76.5 cm³/mol. The van der Waals surface area contributed by atoms with Crippen molar-refractivity contribution in [2.24, 2.45) is 11.1 Å². The normalized spacial score (nSPS) is 12.3. The molecule has 1 aromatic carbocycles. The number of aromatic nitrogens is 2. The van der Waals surface area contributed by atoms with E-state index in [2.05, 4.69) is 50.5 Å². The summed E-state index contributed by atoms with van der Waals surface area (Å²) >= 11 is 0. The molecule has 0 unspecified atom stereocenters. The molecule has 98 valence electrons. The van der Waals surface area contributed by atoms with E-state index in [-0.39, 0.29) is 5.41 Å². The van der Waals surface area contributed by atoms with Gasteiger partial charge in [0.15, 0.2) is 0 Å². The third-order valence-electron chi connectivity index (χ3n) is 3.13. The van der Waals surface area contributed by atoms with Crippen molar-refractivity contribution < 1.29 is 0 Å². The van der Waals surface area contributed by atoms with E-state index >= 15 is 0 Å². The van der Waals surface area contributed by atoms with Gasteiger partial charge in [0.05, 0.1) is 11.0 Å². The van der Waals surface area contributed by atoms with E-state index < -0.39 is 0 Å². The Hall–Kier alpha value is -1.35. The molecule has 1 aromatic heterocycles. The highest BCUT2D eigenvalue weighted by atomic mass is 15.1. The van der Waals surface area contributed by atoms with Gasteiger partial charge in [-0.15, -0.1) is 0 Å². The van der Waals surface area contributed by atoms with Crippen molar-refractivity contribution in [1.82, 2.24) is 9.55 Å². The van der Waals surface area contributed by atoms with Crippen molar-refractivity contribution in [1.29, 1.82) is 0 Å². The minimum atomic E-state index is 0.255.